The molecule has 2 rings (SSSR count). The van der Waals surface area contributed by atoms with Crippen LogP contribution in [0.5, 0.6) is 0 Å². The molecule has 0 saturated heterocycles. The maximum atomic E-state index is 13.8. The van der Waals surface area contributed by atoms with Crippen molar-refractivity contribution in [3.05, 3.63) is 48.3 Å². The van der Waals surface area contributed by atoms with Gasteiger partial charge in [0.2, 0.25) is 0 Å². The molecule has 17 heavy (non-hydrogen) atoms. The van der Waals surface area contributed by atoms with E-state index < -0.39 is 0 Å². The predicted molar refractivity (Wildman–Crippen MR) is 64.8 cm³/mol. The summed E-state index contributed by atoms with van der Waals surface area (Å²) < 4.78 is 13.8. The zero-order valence-corrected chi connectivity index (χ0v) is 9.89. The van der Waals surface area contributed by atoms with Crippen LogP contribution in [0.25, 0.3) is 11.1 Å². The van der Waals surface area contributed by atoms with E-state index in [1.807, 2.05) is 25.1 Å². The molecule has 0 aliphatic carbocycles. The van der Waals surface area contributed by atoms with E-state index in [1.165, 1.54) is 12.4 Å². The number of nitrogens with zero attached hydrogens (tertiary/aromatic N) is 3. The summed E-state index contributed by atoms with van der Waals surface area (Å²) in [5.41, 5.74) is 2.31. The summed E-state index contributed by atoms with van der Waals surface area (Å²) in [6, 6.07) is 5.22. The molecule has 3 nitrogen and oxygen atoms in total. The monoisotopic (exact) mass is 231 g/mol. The number of hydrogen-bond acceptors (Lipinski definition) is 3. The number of halogens is 1. The van der Waals surface area contributed by atoms with Gasteiger partial charge in [0, 0.05) is 30.1 Å². The molecule has 0 unspecified atom stereocenters. The van der Waals surface area contributed by atoms with Gasteiger partial charge in [0.05, 0.1) is 0 Å². The van der Waals surface area contributed by atoms with Crippen LogP contribution in [-0.4, -0.2) is 29.0 Å². The predicted octanol–water partition coefficient (Wildman–Crippen LogP) is 2.34. The third-order valence-corrected chi connectivity index (χ3v) is 2.43. The number of rotatable bonds is 3. The molecular formula is C13H14FN3. The van der Waals surface area contributed by atoms with Gasteiger partial charge in [0.1, 0.15) is 12.1 Å². The molecule has 1 heterocycles. The third-order valence-electron chi connectivity index (χ3n) is 2.43. The van der Waals surface area contributed by atoms with E-state index in [9.17, 15) is 4.39 Å². The van der Waals surface area contributed by atoms with Crippen molar-refractivity contribution in [3.8, 4) is 11.1 Å². The van der Waals surface area contributed by atoms with Crippen LogP contribution in [0.15, 0.2) is 36.9 Å². The van der Waals surface area contributed by atoms with Crippen LogP contribution in [0.2, 0.25) is 0 Å². The van der Waals surface area contributed by atoms with Crippen molar-refractivity contribution in [2.75, 3.05) is 14.1 Å². The Hall–Kier alpha value is -1.81. The Balaban J connectivity index is 2.31. The Bertz CT molecular complexity index is 497. The SMILES string of the molecule is CN(C)Cc1ccc(-c2cncnc2)cc1F. The van der Waals surface area contributed by atoms with Crippen LogP contribution in [-0.2, 0) is 6.54 Å². The second-order valence-electron chi connectivity index (χ2n) is 4.17. The number of benzene rings is 1. The highest BCUT2D eigenvalue weighted by atomic mass is 19.1. The molecule has 88 valence electrons. The zero-order chi connectivity index (χ0) is 12.3. The molecule has 4 heteroatoms. The topological polar surface area (TPSA) is 29.0 Å². The Morgan fingerprint density at radius 1 is 1.12 bits per heavy atom. The number of hydrogen-bond donors (Lipinski definition) is 0. The molecule has 1 aromatic heterocycles. The van der Waals surface area contributed by atoms with Gasteiger partial charge < -0.3 is 4.90 Å². The van der Waals surface area contributed by atoms with E-state index in [-0.39, 0.29) is 5.82 Å². The Labute approximate surface area is 99.9 Å². The van der Waals surface area contributed by atoms with E-state index >= 15 is 0 Å². The average Bonchev–Trinajstić information content (AvgIpc) is 2.32. The lowest BCUT2D eigenvalue weighted by molar-refractivity contribution is 0.392. The molecule has 1 aromatic carbocycles. The zero-order valence-electron chi connectivity index (χ0n) is 9.89. The maximum absolute atomic E-state index is 13.8. The minimum Gasteiger partial charge on any atom is -0.305 e. The summed E-state index contributed by atoms with van der Waals surface area (Å²) in [6.45, 7) is 0.595. The Kier molecular flexibility index (Phi) is 3.44. The van der Waals surface area contributed by atoms with Gasteiger partial charge in [0.25, 0.3) is 0 Å². The average molecular weight is 231 g/mol. The summed E-state index contributed by atoms with van der Waals surface area (Å²) in [6.07, 6.45) is 4.81. The van der Waals surface area contributed by atoms with Crippen molar-refractivity contribution in [2.24, 2.45) is 0 Å². The van der Waals surface area contributed by atoms with Gasteiger partial charge in [-0.3, -0.25) is 0 Å². The quantitative estimate of drug-likeness (QED) is 0.812. The largest absolute Gasteiger partial charge is 0.305 e. The lowest BCUT2D eigenvalue weighted by atomic mass is 10.1. The first-order valence-corrected chi connectivity index (χ1v) is 5.35. The molecule has 0 aliphatic rings. The molecule has 0 aliphatic heterocycles. The van der Waals surface area contributed by atoms with Crippen LogP contribution in [0.3, 0.4) is 0 Å². The highest BCUT2D eigenvalue weighted by Gasteiger charge is 2.06. The Morgan fingerprint density at radius 3 is 2.41 bits per heavy atom. The van der Waals surface area contributed by atoms with Gasteiger partial charge in [-0.05, 0) is 25.7 Å². The summed E-state index contributed by atoms with van der Waals surface area (Å²) in [5, 5.41) is 0. The minimum atomic E-state index is -0.194. The molecule has 0 fully saturated rings. The summed E-state index contributed by atoms with van der Waals surface area (Å²) >= 11 is 0. The van der Waals surface area contributed by atoms with Gasteiger partial charge in [0.15, 0.2) is 0 Å². The van der Waals surface area contributed by atoms with Crippen molar-refractivity contribution >= 4 is 0 Å². The molecule has 0 spiro atoms. The molecule has 0 saturated carbocycles. The van der Waals surface area contributed by atoms with Crippen molar-refractivity contribution < 1.29 is 4.39 Å². The molecule has 2 aromatic rings. The van der Waals surface area contributed by atoms with Gasteiger partial charge in [-0.15, -0.1) is 0 Å². The van der Waals surface area contributed by atoms with Crippen LogP contribution in [0.4, 0.5) is 4.39 Å². The normalized spacial score (nSPS) is 10.8. The molecule has 0 amide bonds. The fourth-order valence-corrected chi connectivity index (χ4v) is 1.64. The van der Waals surface area contributed by atoms with Gasteiger partial charge in [-0.25, -0.2) is 14.4 Å². The fourth-order valence-electron chi connectivity index (χ4n) is 1.64. The smallest absolute Gasteiger partial charge is 0.128 e. The van der Waals surface area contributed by atoms with Crippen molar-refractivity contribution in [1.82, 2.24) is 14.9 Å². The first-order valence-electron chi connectivity index (χ1n) is 5.35. The third kappa shape index (κ3) is 2.85. The maximum Gasteiger partial charge on any atom is 0.128 e. The fraction of sp³-hybridized carbons (Fsp3) is 0.231. The molecule has 0 radical (unpaired) electrons. The number of aromatic nitrogens is 2. The van der Waals surface area contributed by atoms with Gasteiger partial charge in [-0.1, -0.05) is 12.1 Å². The van der Waals surface area contributed by atoms with Crippen LogP contribution in [0.1, 0.15) is 5.56 Å². The summed E-state index contributed by atoms with van der Waals surface area (Å²) in [4.78, 5) is 9.77. The lowest BCUT2D eigenvalue weighted by Crippen LogP contribution is -2.11. The second kappa shape index (κ2) is 5.01. The van der Waals surface area contributed by atoms with Crippen molar-refractivity contribution in [3.63, 3.8) is 0 Å². The highest BCUT2D eigenvalue weighted by Crippen LogP contribution is 2.20. The molecular weight excluding hydrogens is 217 g/mol. The first-order chi connectivity index (χ1) is 8.16. The van der Waals surface area contributed by atoms with Crippen LogP contribution >= 0.6 is 0 Å². The van der Waals surface area contributed by atoms with Crippen molar-refractivity contribution in [1.29, 1.82) is 0 Å². The second-order valence-corrected chi connectivity index (χ2v) is 4.17. The van der Waals surface area contributed by atoms with Gasteiger partial charge in [-0.2, -0.15) is 0 Å². The molecule has 0 bridgehead atoms. The van der Waals surface area contributed by atoms with E-state index in [4.69, 9.17) is 0 Å². The first kappa shape index (κ1) is 11.7. The van der Waals surface area contributed by atoms with Crippen molar-refractivity contribution in [2.45, 2.75) is 6.54 Å². The van der Waals surface area contributed by atoms with E-state index in [0.29, 0.717) is 12.1 Å². The van der Waals surface area contributed by atoms with E-state index in [1.54, 1.807) is 18.5 Å². The summed E-state index contributed by atoms with van der Waals surface area (Å²) in [5.74, 6) is -0.194. The highest BCUT2D eigenvalue weighted by molar-refractivity contribution is 5.61. The standard InChI is InChI=1S/C13H14FN3/c1-17(2)8-11-4-3-10(5-13(11)14)12-6-15-9-16-7-12/h3-7,9H,8H2,1-2H3. The van der Waals surface area contributed by atoms with Crippen LogP contribution in [0, 0.1) is 5.82 Å². The van der Waals surface area contributed by atoms with Crippen LogP contribution < -0.4 is 0 Å². The minimum absolute atomic E-state index is 0.194. The van der Waals surface area contributed by atoms with E-state index in [2.05, 4.69) is 9.97 Å². The molecule has 0 atom stereocenters. The Morgan fingerprint density at radius 2 is 1.82 bits per heavy atom. The van der Waals surface area contributed by atoms with Gasteiger partial charge >= 0.3 is 0 Å². The van der Waals surface area contributed by atoms with E-state index in [0.717, 1.165) is 11.1 Å². The lowest BCUT2D eigenvalue weighted by Gasteiger charge is -2.11. The summed E-state index contributed by atoms with van der Waals surface area (Å²) in [7, 11) is 3.83. The molecule has 0 N–H and O–H groups in total.